The molecule has 0 saturated carbocycles. The quantitative estimate of drug-likeness (QED) is 0.351. The number of nitrogens with zero attached hydrogens (tertiary/aromatic N) is 3. The number of carboxylic acids is 1. The summed E-state index contributed by atoms with van der Waals surface area (Å²) >= 11 is 5.51. The molecule has 0 amide bonds. The van der Waals surface area contributed by atoms with Crippen LogP contribution in [0.3, 0.4) is 0 Å². The molecule has 0 aliphatic carbocycles. The average molecular weight is 554 g/mol. The first kappa shape index (κ1) is 27.5. The van der Waals surface area contributed by atoms with Gasteiger partial charge in [-0.2, -0.15) is 13.2 Å². The lowest BCUT2D eigenvalue weighted by Gasteiger charge is -2.42. The SMILES string of the molecule is CCn1cc(C(=O)O)c(=O)c2cc(F)c(N3CCN(C(=S)Cc4cccc(C(F)(F)F)c4)C(C)C3)c(F)c21. The Morgan fingerprint density at radius 3 is 2.50 bits per heavy atom. The zero-order valence-corrected chi connectivity index (χ0v) is 21.3. The summed E-state index contributed by atoms with van der Waals surface area (Å²) in [5.41, 5.74) is -2.43. The van der Waals surface area contributed by atoms with E-state index < -0.39 is 40.3 Å². The number of rotatable bonds is 5. The number of hydrogen-bond donors (Lipinski definition) is 1. The zero-order chi connectivity index (χ0) is 27.9. The van der Waals surface area contributed by atoms with E-state index in [1.165, 1.54) is 15.5 Å². The highest BCUT2D eigenvalue weighted by atomic mass is 32.1. The van der Waals surface area contributed by atoms with Gasteiger partial charge in [0.15, 0.2) is 5.82 Å². The van der Waals surface area contributed by atoms with Crippen molar-refractivity contribution in [2.75, 3.05) is 24.5 Å². The molecule has 0 bridgehead atoms. The van der Waals surface area contributed by atoms with E-state index in [0.717, 1.165) is 24.4 Å². The van der Waals surface area contributed by atoms with E-state index in [2.05, 4.69) is 0 Å². The van der Waals surface area contributed by atoms with Gasteiger partial charge in [-0.1, -0.05) is 30.4 Å². The summed E-state index contributed by atoms with van der Waals surface area (Å²) in [6.07, 6.45) is -3.32. The topological polar surface area (TPSA) is 65.8 Å². The number of aryl methyl sites for hydroxylation is 1. The van der Waals surface area contributed by atoms with Crippen molar-refractivity contribution in [1.82, 2.24) is 9.47 Å². The van der Waals surface area contributed by atoms with Gasteiger partial charge in [-0.3, -0.25) is 4.79 Å². The lowest BCUT2D eigenvalue weighted by Crippen LogP contribution is -2.54. The Balaban J connectivity index is 1.60. The lowest BCUT2D eigenvalue weighted by molar-refractivity contribution is -0.137. The van der Waals surface area contributed by atoms with Crippen molar-refractivity contribution in [2.24, 2.45) is 0 Å². The highest BCUT2D eigenvalue weighted by Gasteiger charge is 2.32. The minimum Gasteiger partial charge on any atom is -0.477 e. The van der Waals surface area contributed by atoms with Gasteiger partial charge in [0, 0.05) is 44.8 Å². The van der Waals surface area contributed by atoms with Crippen molar-refractivity contribution in [3.63, 3.8) is 0 Å². The van der Waals surface area contributed by atoms with Gasteiger partial charge in [0.1, 0.15) is 17.1 Å². The Bertz CT molecular complexity index is 1490. The third kappa shape index (κ3) is 5.09. The molecule has 1 fully saturated rings. The van der Waals surface area contributed by atoms with Crippen LogP contribution >= 0.6 is 12.2 Å². The standard InChI is InChI=1S/C26H24F5N3O3S/c1-3-32-13-18(25(36)37)24(35)17-11-19(27)23(21(28)22(17)32)33-7-8-34(14(2)12-33)20(38)10-15-5-4-6-16(9-15)26(29,30)31/h4-6,9,11,13-14H,3,7-8,10,12H2,1-2H3,(H,36,37). The summed E-state index contributed by atoms with van der Waals surface area (Å²) in [4.78, 5) is 27.8. The van der Waals surface area contributed by atoms with Crippen LogP contribution in [-0.4, -0.2) is 51.2 Å². The first-order chi connectivity index (χ1) is 17.8. The fraction of sp³-hybridized carbons (Fsp3) is 0.346. The zero-order valence-electron chi connectivity index (χ0n) is 20.5. The molecule has 2 aromatic carbocycles. The van der Waals surface area contributed by atoms with E-state index in [1.54, 1.807) is 19.9 Å². The lowest BCUT2D eigenvalue weighted by atomic mass is 10.1. The van der Waals surface area contributed by atoms with Gasteiger partial charge < -0.3 is 19.5 Å². The summed E-state index contributed by atoms with van der Waals surface area (Å²) in [7, 11) is 0. The maximum atomic E-state index is 15.8. The highest BCUT2D eigenvalue weighted by molar-refractivity contribution is 7.80. The molecule has 12 heteroatoms. The van der Waals surface area contributed by atoms with Gasteiger partial charge in [-0.25, -0.2) is 13.6 Å². The Morgan fingerprint density at radius 2 is 1.89 bits per heavy atom. The van der Waals surface area contributed by atoms with Gasteiger partial charge >= 0.3 is 12.1 Å². The number of carbonyl (C=O) groups is 1. The van der Waals surface area contributed by atoms with Crippen molar-refractivity contribution in [3.8, 4) is 0 Å². The van der Waals surface area contributed by atoms with Crippen LogP contribution in [0.5, 0.6) is 0 Å². The number of thiocarbonyl (C=S) groups is 1. The molecule has 1 saturated heterocycles. The van der Waals surface area contributed by atoms with E-state index in [9.17, 15) is 27.9 Å². The molecule has 0 radical (unpaired) electrons. The van der Waals surface area contributed by atoms with Gasteiger partial charge in [0.25, 0.3) is 0 Å². The molecule has 1 atom stereocenters. The van der Waals surface area contributed by atoms with Crippen LogP contribution in [0.2, 0.25) is 0 Å². The molecule has 38 heavy (non-hydrogen) atoms. The second-order valence-electron chi connectivity index (χ2n) is 9.14. The number of piperazine rings is 1. The van der Waals surface area contributed by atoms with Crippen molar-refractivity contribution in [3.05, 3.63) is 75.1 Å². The molecule has 2 heterocycles. The molecule has 1 aromatic heterocycles. The van der Waals surface area contributed by atoms with E-state index in [4.69, 9.17) is 12.2 Å². The maximum Gasteiger partial charge on any atom is 0.416 e. The third-order valence-corrected chi connectivity index (χ3v) is 7.05. The number of aromatic nitrogens is 1. The number of halogens is 5. The summed E-state index contributed by atoms with van der Waals surface area (Å²) in [5, 5.41) is 8.95. The summed E-state index contributed by atoms with van der Waals surface area (Å²) < 4.78 is 71.4. The van der Waals surface area contributed by atoms with E-state index >= 15 is 8.78 Å². The maximum absolute atomic E-state index is 15.8. The molecule has 1 unspecified atom stereocenters. The van der Waals surface area contributed by atoms with Crippen LogP contribution in [0.25, 0.3) is 10.9 Å². The first-order valence-electron chi connectivity index (χ1n) is 11.8. The van der Waals surface area contributed by atoms with Crippen molar-refractivity contribution in [2.45, 2.75) is 39.0 Å². The Kier molecular flexibility index (Phi) is 7.46. The molecule has 1 N–H and O–H groups in total. The average Bonchev–Trinajstić information content (AvgIpc) is 2.84. The number of pyridine rings is 1. The van der Waals surface area contributed by atoms with E-state index in [-0.39, 0.29) is 55.2 Å². The minimum absolute atomic E-state index is 0.108. The van der Waals surface area contributed by atoms with Gasteiger partial charge in [0.05, 0.1) is 21.5 Å². The van der Waals surface area contributed by atoms with Crippen LogP contribution in [0, 0.1) is 11.6 Å². The van der Waals surface area contributed by atoms with Crippen molar-refractivity contribution >= 4 is 39.8 Å². The molecular weight excluding hydrogens is 529 g/mol. The monoisotopic (exact) mass is 553 g/mol. The highest BCUT2D eigenvalue weighted by Crippen LogP contribution is 2.32. The van der Waals surface area contributed by atoms with Gasteiger partial charge in [-0.15, -0.1) is 0 Å². The largest absolute Gasteiger partial charge is 0.477 e. The first-order valence-corrected chi connectivity index (χ1v) is 12.2. The molecule has 0 spiro atoms. The summed E-state index contributed by atoms with van der Waals surface area (Å²) in [6.45, 7) is 4.18. The molecule has 4 rings (SSSR count). The van der Waals surface area contributed by atoms with Gasteiger partial charge in [0.2, 0.25) is 5.43 Å². The number of benzene rings is 2. The summed E-state index contributed by atoms with van der Waals surface area (Å²) in [6, 6.07) is 5.47. The molecule has 1 aliphatic rings. The predicted molar refractivity (Wildman–Crippen MR) is 137 cm³/mol. The number of alkyl halides is 3. The number of hydrogen-bond acceptors (Lipinski definition) is 4. The smallest absolute Gasteiger partial charge is 0.416 e. The second-order valence-corrected chi connectivity index (χ2v) is 9.61. The Morgan fingerprint density at radius 1 is 1.18 bits per heavy atom. The molecular formula is C26H24F5N3O3S. The fourth-order valence-electron chi connectivity index (χ4n) is 4.83. The van der Waals surface area contributed by atoms with Crippen LogP contribution in [-0.2, 0) is 19.1 Å². The van der Waals surface area contributed by atoms with Crippen molar-refractivity contribution < 1.29 is 31.9 Å². The van der Waals surface area contributed by atoms with Crippen LogP contribution in [0.15, 0.2) is 41.3 Å². The fourth-order valence-corrected chi connectivity index (χ4v) is 5.27. The Hall–Kier alpha value is -3.54. The molecule has 6 nitrogen and oxygen atoms in total. The number of fused-ring (bicyclic) bond motifs is 1. The number of carboxylic acid groups (broad SMARTS) is 1. The van der Waals surface area contributed by atoms with E-state index in [1.807, 2.05) is 4.90 Å². The molecule has 202 valence electrons. The van der Waals surface area contributed by atoms with Crippen LogP contribution in [0.1, 0.15) is 35.3 Å². The Labute approximate surface area is 219 Å². The third-order valence-electron chi connectivity index (χ3n) is 6.67. The number of anilines is 1. The van der Waals surface area contributed by atoms with Crippen molar-refractivity contribution in [1.29, 1.82) is 0 Å². The van der Waals surface area contributed by atoms with Crippen LogP contribution < -0.4 is 10.3 Å². The minimum atomic E-state index is -4.47. The van der Waals surface area contributed by atoms with Crippen LogP contribution in [0.4, 0.5) is 27.6 Å². The van der Waals surface area contributed by atoms with E-state index in [0.29, 0.717) is 10.6 Å². The second kappa shape index (κ2) is 10.3. The number of aromatic carboxylic acids is 1. The normalized spacial score (nSPS) is 16.2. The molecule has 1 aliphatic heterocycles. The van der Waals surface area contributed by atoms with Gasteiger partial charge in [-0.05, 0) is 31.5 Å². The predicted octanol–water partition coefficient (Wildman–Crippen LogP) is 5.10. The summed E-state index contributed by atoms with van der Waals surface area (Å²) in [5.74, 6) is -3.46. The molecule has 3 aromatic rings.